The minimum atomic E-state index is -0.693. The van der Waals surface area contributed by atoms with E-state index in [4.69, 9.17) is 9.47 Å². The molecule has 3 aliphatic rings. The van der Waals surface area contributed by atoms with Crippen molar-refractivity contribution < 1.29 is 19.1 Å². The van der Waals surface area contributed by atoms with Crippen LogP contribution in [0, 0.1) is 18.8 Å². The molecule has 1 amide bonds. The number of nitrogens with zero attached hydrogens (tertiary/aromatic N) is 1. The van der Waals surface area contributed by atoms with Crippen LogP contribution in [0.2, 0.25) is 0 Å². The Balaban J connectivity index is 1.71. The average Bonchev–Trinajstić information content (AvgIpc) is 3.16. The van der Waals surface area contributed by atoms with Crippen molar-refractivity contribution in [3.63, 3.8) is 0 Å². The molecule has 0 N–H and O–H groups in total. The van der Waals surface area contributed by atoms with E-state index in [0.717, 1.165) is 11.3 Å². The summed E-state index contributed by atoms with van der Waals surface area (Å²) in [7, 11) is 0. The van der Waals surface area contributed by atoms with Gasteiger partial charge in [0.25, 0.3) is 0 Å². The van der Waals surface area contributed by atoms with Gasteiger partial charge in [-0.25, -0.2) is 0 Å². The second-order valence-corrected chi connectivity index (χ2v) is 6.36. The number of anilines is 1. The molecule has 3 aliphatic heterocycles. The number of rotatable bonds is 3. The van der Waals surface area contributed by atoms with Gasteiger partial charge in [0, 0.05) is 5.69 Å². The number of carbonyl (C=O) groups excluding carboxylic acids is 2. The van der Waals surface area contributed by atoms with E-state index in [9.17, 15) is 9.59 Å². The van der Waals surface area contributed by atoms with Crippen molar-refractivity contribution in [2.45, 2.75) is 25.6 Å². The third-order valence-electron chi connectivity index (χ3n) is 5.07. The minimum Gasteiger partial charge on any atom is -0.466 e. The van der Waals surface area contributed by atoms with Crippen LogP contribution in [0.15, 0.2) is 36.4 Å². The molecule has 1 aromatic carbocycles. The van der Waals surface area contributed by atoms with Crippen molar-refractivity contribution in [1.29, 1.82) is 0 Å². The number of esters is 1. The van der Waals surface area contributed by atoms with E-state index in [0.29, 0.717) is 13.2 Å². The lowest BCUT2D eigenvalue weighted by Gasteiger charge is -2.22. The van der Waals surface area contributed by atoms with Gasteiger partial charge in [-0.2, -0.15) is 0 Å². The van der Waals surface area contributed by atoms with Crippen molar-refractivity contribution >= 4 is 17.6 Å². The molecule has 23 heavy (non-hydrogen) atoms. The lowest BCUT2D eigenvalue weighted by Crippen LogP contribution is -2.40. The van der Waals surface area contributed by atoms with Gasteiger partial charge in [0.2, 0.25) is 5.91 Å². The molecule has 3 heterocycles. The maximum Gasteiger partial charge on any atom is 0.312 e. The first-order valence-corrected chi connectivity index (χ1v) is 7.98. The van der Waals surface area contributed by atoms with Crippen LogP contribution in [-0.2, 0) is 19.1 Å². The van der Waals surface area contributed by atoms with Gasteiger partial charge in [-0.3, -0.25) is 9.59 Å². The SMILES string of the molecule is CCOC(=O)[C@H]1[C@H]2C=CC3(CN(c4ccccc4C)C(=O)[C@@H]13)O2. The topological polar surface area (TPSA) is 55.8 Å². The Bertz CT molecular complexity index is 713. The number of ether oxygens (including phenoxy) is 2. The second kappa shape index (κ2) is 4.93. The van der Waals surface area contributed by atoms with Gasteiger partial charge in [0.1, 0.15) is 11.5 Å². The third kappa shape index (κ3) is 1.89. The summed E-state index contributed by atoms with van der Waals surface area (Å²) in [6, 6.07) is 7.77. The van der Waals surface area contributed by atoms with Gasteiger partial charge < -0.3 is 14.4 Å². The molecule has 1 aromatic rings. The van der Waals surface area contributed by atoms with E-state index >= 15 is 0 Å². The molecular formula is C18H19NO4. The van der Waals surface area contributed by atoms with E-state index in [1.54, 1.807) is 11.8 Å². The highest BCUT2D eigenvalue weighted by molar-refractivity contribution is 6.03. The number of aryl methyl sites for hydroxylation is 1. The Morgan fingerprint density at radius 1 is 1.43 bits per heavy atom. The highest BCUT2D eigenvalue weighted by atomic mass is 16.6. The van der Waals surface area contributed by atoms with Crippen molar-refractivity contribution in [2.75, 3.05) is 18.1 Å². The van der Waals surface area contributed by atoms with Crippen molar-refractivity contribution in [3.8, 4) is 0 Å². The summed E-state index contributed by atoms with van der Waals surface area (Å²) in [4.78, 5) is 27.1. The maximum absolute atomic E-state index is 13.0. The van der Waals surface area contributed by atoms with Gasteiger partial charge in [-0.15, -0.1) is 0 Å². The number of para-hydroxylation sites is 1. The van der Waals surface area contributed by atoms with Gasteiger partial charge >= 0.3 is 5.97 Å². The van der Waals surface area contributed by atoms with Crippen LogP contribution < -0.4 is 4.90 Å². The molecule has 1 spiro atoms. The van der Waals surface area contributed by atoms with Crippen molar-refractivity contribution in [2.24, 2.45) is 11.8 Å². The molecule has 2 bridgehead atoms. The predicted octanol–water partition coefficient (Wildman–Crippen LogP) is 1.84. The first-order valence-electron chi connectivity index (χ1n) is 7.98. The zero-order valence-electron chi connectivity index (χ0n) is 13.2. The first kappa shape index (κ1) is 14.5. The highest BCUT2D eigenvalue weighted by Crippen LogP contribution is 2.53. The molecule has 4 atom stereocenters. The van der Waals surface area contributed by atoms with E-state index < -0.39 is 17.4 Å². The van der Waals surface area contributed by atoms with Crippen LogP contribution in [0.1, 0.15) is 12.5 Å². The van der Waals surface area contributed by atoms with E-state index in [2.05, 4.69) is 0 Å². The predicted molar refractivity (Wildman–Crippen MR) is 83.9 cm³/mol. The number of benzene rings is 1. The fourth-order valence-electron chi connectivity index (χ4n) is 4.08. The van der Waals surface area contributed by atoms with Crippen LogP contribution in [-0.4, -0.2) is 36.7 Å². The zero-order valence-corrected chi connectivity index (χ0v) is 13.2. The summed E-state index contributed by atoms with van der Waals surface area (Å²) in [5.41, 5.74) is 1.22. The number of amides is 1. The molecule has 0 saturated carbocycles. The van der Waals surface area contributed by atoms with E-state index in [1.165, 1.54) is 0 Å². The average molecular weight is 313 g/mol. The summed E-state index contributed by atoms with van der Waals surface area (Å²) >= 11 is 0. The number of hydrogen-bond acceptors (Lipinski definition) is 4. The highest BCUT2D eigenvalue weighted by Gasteiger charge is 2.67. The quantitative estimate of drug-likeness (QED) is 0.631. The zero-order chi connectivity index (χ0) is 16.2. The van der Waals surface area contributed by atoms with Gasteiger partial charge in [0.15, 0.2) is 0 Å². The summed E-state index contributed by atoms with van der Waals surface area (Å²) in [5, 5.41) is 0. The summed E-state index contributed by atoms with van der Waals surface area (Å²) in [6.07, 6.45) is 3.50. The number of hydrogen-bond donors (Lipinski definition) is 0. The molecule has 120 valence electrons. The molecule has 5 nitrogen and oxygen atoms in total. The van der Waals surface area contributed by atoms with Gasteiger partial charge in [-0.05, 0) is 25.5 Å². The molecule has 0 aromatic heterocycles. The smallest absolute Gasteiger partial charge is 0.312 e. The molecule has 5 heteroatoms. The number of carbonyl (C=O) groups is 2. The molecule has 0 aliphatic carbocycles. The molecular weight excluding hydrogens is 294 g/mol. The minimum absolute atomic E-state index is 0.0517. The Labute approximate surface area is 134 Å². The normalized spacial score (nSPS) is 34.1. The third-order valence-corrected chi connectivity index (χ3v) is 5.07. The maximum atomic E-state index is 13.0. The molecule has 1 unspecified atom stereocenters. The van der Waals surface area contributed by atoms with Crippen LogP contribution in [0.25, 0.3) is 0 Å². The Hall–Kier alpha value is -2.14. The van der Waals surface area contributed by atoms with Gasteiger partial charge in [-0.1, -0.05) is 30.4 Å². The van der Waals surface area contributed by atoms with E-state index in [1.807, 2.05) is 43.3 Å². The fraction of sp³-hybridized carbons (Fsp3) is 0.444. The largest absolute Gasteiger partial charge is 0.466 e. The molecule has 2 saturated heterocycles. The molecule has 0 radical (unpaired) electrons. The van der Waals surface area contributed by atoms with Crippen LogP contribution in [0.4, 0.5) is 5.69 Å². The molecule has 4 rings (SSSR count). The van der Waals surface area contributed by atoms with Crippen LogP contribution in [0.3, 0.4) is 0 Å². The fourth-order valence-corrected chi connectivity index (χ4v) is 4.08. The van der Waals surface area contributed by atoms with Crippen molar-refractivity contribution in [3.05, 3.63) is 42.0 Å². The first-order chi connectivity index (χ1) is 11.1. The van der Waals surface area contributed by atoms with Gasteiger partial charge in [0.05, 0.1) is 25.2 Å². The summed E-state index contributed by atoms with van der Waals surface area (Å²) in [6.45, 7) is 4.50. The van der Waals surface area contributed by atoms with Crippen LogP contribution >= 0.6 is 0 Å². The lowest BCUT2D eigenvalue weighted by molar-refractivity contribution is -0.151. The summed E-state index contributed by atoms with van der Waals surface area (Å²) in [5.74, 6) is -1.42. The Kier molecular flexibility index (Phi) is 3.10. The molecule has 2 fully saturated rings. The second-order valence-electron chi connectivity index (χ2n) is 6.36. The van der Waals surface area contributed by atoms with E-state index in [-0.39, 0.29) is 18.0 Å². The Morgan fingerprint density at radius 2 is 2.22 bits per heavy atom. The monoisotopic (exact) mass is 313 g/mol. The summed E-state index contributed by atoms with van der Waals surface area (Å²) < 4.78 is 11.2. The number of fused-ring (bicyclic) bond motifs is 1. The van der Waals surface area contributed by atoms with Crippen LogP contribution in [0.5, 0.6) is 0 Å². The standard InChI is InChI=1S/C18H19NO4/c1-3-22-17(21)14-13-8-9-18(23-13)10-19(16(20)15(14)18)12-7-5-4-6-11(12)2/h4-9,13-15H,3,10H2,1-2H3/t13-,14+,15-,18?/m1/s1. The Morgan fingerprint density at radius 3 is 2.96 bits per heavy atom. The lowest BCUT2D eigenvalue weighted by atomic mass is 9.77. The van der Waals surface area contributed by atoms with Crippen molar-refractivity contribution in [1.82, 2.24) is 0 Å².